The molecule has 0 amide bonds. The van der Waals surface area contributed by atoms with Gasteiger partial charge in [0.2, 0.25) is 0 Å². The fourth-order valence-corrected chi connectivity index (χ4v) is 8.49. The average Bonchev–Trinajstić information content (AvgIpc) is 2.78. The monoisotopic (exact) mass is 288 g/mol. The summed E-state index contributed by atoms with van der Waals surface area (Å²) in [6, 6.07) is 0. The standard InChI is InChI=1S/C11H13IO/c12-10-6-2-1-3-4(6)9-8(10)5(2)7(3)11(9)13/h2-11,13H,1H2. The Kier molecular flexibility index (Phi) is 0.936. The molecule has 1 N–H and O–H groups in total. The third-order valence-electron chi connectivity index (χ3n) is 6.27. The molecule has 0 radical (unpaired) electrons. The minimum absolute atomic E-state index is 0.125. The second kappa shape index (κ2) is 1.73. The van der Waals surface area contributed by atoms with Crippen LogP contribution in [0, 0.1) is 47.3 Å². The molecule has 1 nitrogen and oxygen atoms in total. The van der Waals surface area contributed by atoms with Crippen LogP contribution in [-0.2, 0) is 0 Å². The second-order valence-corrected chi connectivity index (χ2v) is 7.40. The number of aliphatic hydroxyl groups is 1. The first-order valence-electron chi connectivity index (χ1n) is 5.63. The van der Waals surface area contributed by atoms with Crippen LogP contribution in [0.3, 0.4) is 0 Å². The largest absolute Gasteiger partial charge is 0.393 e. The molecule has 0 aromatic carbocycles. The predicted molar refractivity (Wildman–Crippen MR) is 56.4 cm³/mol. The van der Waals surface area contributed by atoms with Gasteiger partial charge in [-0.1, -0.05) is 22.6 Å². The van der Waals surface area contributed by atoms with Crippen LogP contribution in [0.25, 0.3) is 0 Å². The van der Waals surface area contributed by atoms with Crippen LogP contribution in [0.5, 0.6) is 0 Å². The Labute approximate surface area is 91.4 Å². The fraction of sp³-hybridized carbons (Fsp3) is 1.00. The zero-order valence-corrected chi connectivity index (χ0v) is 9.46. The van der Waals surface area contributed by atoms with Gasteiger partial charge in [0.1, 0.15) is 0 Å². The number of halogens is 1. The summed E-state index contributed by atoms with van der Waals surface area (Å²) >= 11 is 2.70. The first-order valence-corrected chi connectivity index (χ1v) is 6.87. The number of aliphatic hydroxyl groups excluding tert-OH is 1. The molecule has 6 rings (SSSR count). The Morgan fingerprint density at radius 1 is 0.846 bits per heavy atom. The lowest BCUT2D eigenvalue weighted by Gasteiger charge is -2.33. The molecule has 0 spiro atoms. The SMILES string of the molecule is OC1C2C3CC4C5C(I)C(C1C35)C42. The van der Waals surface area contributed by atoms with Crippen molar-refractivity contribution >= 4 is 22.6 Å². The van der Waals surface area contributed by atoms with E-state index in [-0.39, 0.29) is 6.10 Å². The van der Waals surface area contributed by atoms with Crippen molar-refractivity contribution in [3.05, 3.63) is 0 Å². The Balaban J connectivity index is 1.86. The van der Waals surface area contributed by atoms with E-state index in [0.717, 1.165) is 51.3 Å². The van der Waals surface area contributed by atoms with Crippen molar-refractivity contribution in [1.82, 2.24) is 0 Å². The van der Waals surface area contributed by atoms with Crippen LogP contribution in [0.4, 0.5) is 0 Å². The quantitative estimate of drug-likeness (QED) is 0.529. The summed E-state index contributed by atoms with van der Waals surface area (Å²) in [4.78, 5) is 0. The highest BCUT2D eigenvalue weighted by molar-refractivity contribution is 14.1. The molecule has 0 aromatic rings. The summed E-state index contributed by atoms with van der Waals surface area (Å²) in [7, 11) is 0. The first-order chi connectivity index (χ1) is 6.30. The minimum atomic E-state index is 0.125. The van der Waals surface area contributed by atoms with E-state index in [9.17, 15) is 5.11 Å². The summed E-state index contributed by atoms with van der Waals surface area (Å²) in [5.74, 6) is 7.48. The molecule has 2 heteroatoms. The first kappa shape index (κ1) is 7.04. The van der Waals surface area contributed by atoms with Crippen LogP contribution >= 0.6 is 22.6 Å². The predicted octanol–water partition coefficient (Wildman–Crippen LogP) is 1.54. The van der Waals surface area contributed by atoms with E-state index < -0.39 is 0 Å². The minimum Gasteiger partial charge on any atom is -0.393 e. The van der Waals surface area contributed by atoms with Gasteiger partial charge in [-0.25, -0.2) is 0 Å². The average molecular weight is 288 g/mol. The van der Waals surface area contributed by atoms with E-state index in [2.05, 4.69) is 22.6 Å². The lowest BCUT2D eigenvalue weighted by molar-refractivity contribution is 0.116. The van der Waals surface area contributed by atoms with Gasteiger partial charge in [-0.15, -0.1) is 0 Å². The second-order valence-electron chi connectivity index (χ2n) is 5.96. The van der Waals surface area contributed by atoms with Crippen molar-refractivity contribution in [2.75, 3.05) is 0 Å². The molecule has 0 heterocycles. The van der Waals surface area contributed by atoms with Crippen LogP contribution in [0.15, 0.2) is 0 Å². The molecule has 6 fully saturated rings. The topological polar surface area (TPSA) is 20.2 Å². The summed E-state index contributed by atoms with van der Waals surface area (Å²) in [5.41, 5.74) is 0. The molecule has 13 heavy (non-hydrogen) atoms. The van der Waals surface area contributed by atoms with Gasteiger partial charge in [-0.3, -0.25) is 0 Å². The van der Waals surface area contributed by atoms with Gasteiger partial charge in [0.05, 0.1) is 6.10 Å². The molecule has 6 bridgehead atoms. The van der Waals surface area contributed by atoms with E-state index >= 15 is 0 Å². The van der Waals surface area contributed by atoms with Crippen molar-refractivity contribution in [1.29, 1.82) is 0 Å². The number of rotatable bonds is 0. The lowest BCUT2D eigenvalue weighted by atomic mass is 9.71. The van der Waals surface area contributed by atoms with Gasteiger partial charge >= 0.3 is 0 Å². The molecule has 70 valence electrons. The summed E-state index contributed by atoms with van der Waals surface area (Å²) < 4.78 is 0.940. The molecule has 10 atom stereocenters. The molecule has 6 aliphatic rings. The number of alkyl halides is 1. The van der Waals surface area contributed by atoms with Crippen molar-refractivity contribution in [3.63, 3.8) is 0 Å². The summed E-state index contributed by atoms with van der Waals surface area (Å²) in [6.07, 6.45) is 1.62. The maximum Gasteiger partial charge on any atom is 0.0608 e. The highest BCUT2D eigenvalue weighted by Gasteiger charge is 2.82. The Morgan fingerprint density at radius 2 is 1.54 bits per heavy atom. The smallest absolute Gasteiger partial charge is 0.0608 e. The normalized spacial score (nSPS) is 85.4. The molecule has 0 aliphatic heterocycles. The van der Waals surface area contributed by atoms with Crippen molar-refractivity contribution in [2.45, 2.75) is 16.4 Å². The Hall–Kier alpha value is 0.690. The third kappa shape index (κ3) is 0.451. The van der Waals surface area contributed by atoms with Gasteiger partial charge in [0.25, 0.3) is 0 Å². The maximum atomic E-state index is 10.2. The molecular formula is C11H13IO. The Bertz CT molecular complexity index is 283. The maximum absolute atomic E-state index is 10.2. The van der Waals surface area contributed by atoms with E-state index in [4.69, 9.17) is 0 Å². The van der Waals surface area contributed by atoms with Crippen LogP contribution in [0.2, 0.25) is 0 Å². The molecule has 0 saturated heterocycles. The molecule has 0 aromatic heterocycles. The van der Waals surface area contributed by atoms with Crippen LogP contribution in [-0.4, -0.2) is 15.1 Å². The lowest BCUT2D eigenvalue weighted by Crippen LogP contribution is -2.30. The van der Waals surface area contributed by atoms with Gasteiger partial charge in [0.15, 0.2) is 0 Å². The third-order valence-corrected chi connectivity index (χ3v) is 7.93. The van der Waals surface area contributed by atoms with Crippen LogP contribution in [0.1, 0.15) is 6.42 Å². The molecule has 6 aliphatic carbocycles. The van der Waals surface area contributed by atoms with E-state index in [1.165, 1.54) is 6.42 Å². The zero-order chi connectivity index (χ0) is 8.48. The van der Waals surface area contributed by atoms with Gasteiger partial charge in [0, 0.05) is 3.92 Å². The molecule has 6 saturated carbocycles. The molecular weight excluding hydrogens is 275 g/mol. The van der Waals surface area contributed by atoms with Crippen LogP contribution < -0.4 is 0 Å². The van der Waals surface area contributed by atoms with Gasteiger partial charge < -0.3 is 5.11 Å². The number of hydrogen-bond donors (Lipinski definition) is 1. The van der Waals surface area contributed by atoms with Crippen molar-refractivity contribution < 1.29 is 5.11 Å². The molecule has 10 unspecified atom stereocenters. The summed E-state index contributed by atoms with van der Waals surface area (Å²) in [5, 5.41) is 10.2. The van der Waals surface area contributed by atoms with Gasteiger partial charge in [-0.2, -0.15) is 0 Å². The highest BCUT2D eigenvalue weighted by Crippen LogP contribution is 2.83. The van der Waals surface area contributed by atoms with Gasteiger partial charge in [-0.05, 0) is 53.8 Å². The van der Waals surface area contributed by atoms with E-state index in [1.807, 2.05) is 0 Å². The van der Waals surface area contributed by atoms with Crippen molar-refractivity contribution in [2.24, 2.45) is 47.3 Å². The fourth-order valence-electron chi connectivity index (χ4n) is 6.52. The van der Waals surface area contributed by atoms with E-state index in [0.29, 0.717) is 0 Å². The summed E-state index contributed by atoms with van der Waals surface area (Å²) in [6.45, 7) is 0. The number of hydrogen-bond acceptors (Lipinski definition) is 1. The highest BCUT2D eigenvalue weighted by atomic mass is 127. The van der Waals surface area contributed by atoms with E-state index in [1.54, 1.807) is 0 Å². The Morgan fingerprint density at radius 3 is 2.31 bits per heavy atom. The zero-order valence-electron chi connectivity index (χ0n) is 7.31. The van der Waals surface area contributed by atoms with Crippen molar-refractivity contribution in [3.8, 4) is 0 Å².